The second-order valence-corrected chi connectivity index (χ2v) is 20.2. The van der Waals surface area contributed by atoms with Gasteiger partial charge in [0, 0.05) is 25.5 Å². The minimum atomic E-state index is -1.51. The molecule has 256 valence electrons. The van der Waals surface area contributed by atoms with E-state index in [1.54, 1.807) is 37.7 Å². The van der Waals surface area contributed by atoms with Crippen LogP contribution >= 0.6 is 43.2 Å². The normalized spacial score (nSPS) is 44.9. The second kappa shape index (κ2) is 9.17. The largest absolute Gasteiger partial charge is 0.388 e. The van der Waals surface area contributed by atoms with Crippen LogP contribution in [0.2, 0.25) is 0 Å². The summed E-state index contributed by atoms with van der Waals surface area (Å²) in [5.74, 6) is -1.04. The molecule has 10 heterocycles. The fraction of sp³-hybridized carbons (Fsp3) is 0.515. The summed E-state index contributed by atoms with van der Waals surface area (Å²) in [5.41, 5.74) is 1.18. The van der Waals surface area contributed by atoms with E-state index in [-0.39, 0.29) is 23.6 Å². The predicted molar refractivity (Wildman–Crippen MR) is 189 cm³/mol. The molecule has 4 amide bonds. The maximum absolute atomic E-state index is 14.3. The number of aliphatic hydroxyl groups excluding tert-OH is 2. The number of nitrogens with one attached hydrogen (secondary N) is 2. The van der Waals surface area contributed by atoms with Gasteiger partial charge in [0.1, 0.15) is 24.5 Å². The Kier molecular flexibility index (Phi) is 5.81. The molecule has 10 atom stereocenters. The lowest BCUT2D eigenvalue weighted by molar-refractivity contribution is -0.166. The Hall–Kier alpha value is -2.76. The molecule has 2 spiro atoms. The molecule has 16 heteroatoms. The average molecular weight is 739 g/mol. The number of hydrogen-bond acceptors (Lipinski definition) is 12. The summed E-state index contributed by atoms with van der Waals surface area (Å²) in [7, 11) is 8.42. The molecule has 0 aromatic heterocycles. The molecule has 2 aromatic rings. The van der Waals surface area contributed by atoms with Gasteiger partial charge in [0.2, 0.25) is 9.74 Å². The zero-order valence-electron chi connectivity index (χ0n) is 27.0. The smallest absolute Gasteiger partial charge is 0.264 e. The Labute approximate surface area is 298 Å². The first kappa shape index (κ1) is 31.0. The van der Waals surface area contributed by atoms with Gasteiger partial charge in [-0.1, -0.05) is 64.4 Å². The van der Waals surface area contributed by atoms with Gasteiger partial charge in [-0.15, -0.1) is 0 Å². The van der Waals surface area contributed by atoms with Crippen molar-refractivity contribution in [3.05, 3.63) is 59.7 Å². The summed E-state index contributed by atoms with van der Waals surface area (Å²) in [6.45, 7) is 3.51. The predicted octanol–water partition coefficient (Wildman–Crippen LogP) is 2.50. The SMILES string of the molecule is CN1C(=O)C23SS[C@@]1(C)C(=O)N2[C@H]1Nc2ccccc2[C@@]1(CCC[C@@]12c4ccccc4N[C@@H]1N1C(=O)[C@]4(C)SSC1(C(=O)N4C)[C@H]2O)[C@@H]3O. The minimum absolute atomic E-state index is 0.223. The van der Waals surface area contributed by atoms with Crippen LogP contribution in [0.5, 0.6) is 0 Å². The van der Waals surface area contributed by atoms with Crippen LogP contribution in [0.4, 0.5) is 11.4 Å². The highest BCUT2D eigenvalue weighted by molar-refractivity contribution is 8.78. The number of hydrogen-bond donors (Lipinski definition) is 4. The molecule has 0 aliphatic carbocycles. The van der Waals surface area contributed by atoms with Crippen LogP contribution in [-0.4, -0.2) is 112 Å². The molecule has 2 unspecified atom stereocenters. The third kappa shape index (κ3) is 2.95. The summed E-state index contributed by atoms with van der Waals surface area (Å²) >= 11 is 0. The van der Waals surface area contributed by atoms with Crippen LogP contribution in [0.1, 0.15) is 44.2 Å². The molecule has 10 aliphatic heterocycles. The molecule has 0 saturated carbocycles. The molecule has 4 bridgehead atoms. The van der Waals surface area contributed by atoms with Gasteiger partial charge >= 0.3 is 0 Å². The van der Waals surface area contributed by atoms with Crippen molar-refractivity contribution in [1.29, 1.82) is 0 Å². The van der Waals surface area contributed by atoms with Crippen molar-refractivity contribution in [3.8, 4) is 0 Å². The average Bonchev–Trinajstić information content (AvgIpc) is 3.73. The Morgan fingerprint density at radius 3 is 1.43 bits per heavy atom. The number of carbonyl (C=O) groups excluding carboxylic acids is 4. The van der Waals surface area contributed by atoms with E-state index in [2.05, 4.69) is 10.6 Å². The first-order valence-electron chi connectivity index (χ1n) is 16.4. The Morgan fingerprint density at radius 2 is 1.02 bits per heavy atom. The van der Waals surface area contributed by atoms with Gasteiger partial charge in [0.25, 0.3) is 23.6 Å². The van der Waals surface area contributed by atoms with Crippen LogP contribution in [-0.2, 0) is 30.0 Å². The van der Waals surface area contributed by atoms with E-state index >= 15 is 0 Å². The quantitative estimate of drug-likeness (QED) is 0.342. The first-order chi connectivity index (χ1) is 23.3. The summed E-state index contributed by atoms with van der Waals surface area (Å²) in [6.07, 6.45) is -2.68. The number of fused-ring (bicyclic) bond motifs is 10. The van der Waals surface area contributed by atoms with Gasteiger partial charge in [0.05, 0.1) is 10.8 Å². The molecule has 8 fully saturated rings. The number of likely N-dealkylation sites (N-methyl/N-ethyl adjacent to an activating group) is 2. The van der Waals surface area contributed by atoms with E-state index in [1.807, 2.05) is 48.5 Å². The number of nitrogens with zero attached hydrogens (tertiary/aromatic N) is 4. The third-order valence-corrected chi connectivity index (χ3v) is 20.3. The van der Waals surface area contributed by atoms with Crippen molar-refractivity contribution in [3.63, 3.8) is 0 Å². The Morgan fingerprint density at radius 1 is 0.633 bits per heavy atom. The number of amides is 4. The number of anilines is 2. The number of para-hydroxylation sites is 2. The van der Waals surface area contributed by atoms with Gasteiger partial charge in [-0.25, -0.2) is 0 Å². The summed E-state index contributed by atoms with van der Waals surface area (Å²) in [4.78, 5) is 57.8. The van der Waals surface area contributed by atoms with Crippen molar-refractivity contribution in [2.75, 3.05) is 24.7 Å². The lowest BCUT2D eigenvalue weighted by Crippen LogP contribution is -2.77. The number of rotatable bonds is 4. The topological polar surface area (TPSA) is 146 Å². The van der Waals surface area contributed by atoms with Crippen molar-refractivity contribution < 1.29 is 29.4 Å². The number of piperazine rings is 2. The van der Waals surface area contributed by atoms with Crippen molar-refractivity contribution in [2.24, 2.45) is 0 Å². The standard InChI is InChI=1S/C33H34N6O6S4/c1-28-24(42)38-22-30(16-10-5-7-12-18(16)34-22,20(40)32(38,48-46-28)26(44)36(28)3)14-9-15-31-17-11-6-8-13-19(17)35-23(31)39-25(43)29(2)37(4)27(45)33(39,21(31)41)49-47-29/h5-8,10-13,20-23,34-35,40-41H,9,14-15H2,1-4H3/t20-,21-,22+,23+,28-,29-,30-,31-,32?,33?/m0/s1. The van der Waals surface area contributed by atoms with Gasteiger partial charge in [-0.2, -0.15) is 0 Å². The number of benzene rings is 2. The van der Waals surface area contributed by atoms with Crippen LogP contribution < -0.4 is 10.6 Å². The van der Waals surface area contributed by atoms with E-state index in [0.717, 1.165) is 22.5 Å². The molecule has 2 aromatic carbocycles. The van der Waals surface area contributed by atoms with Crippen molar-refractivity contribution in [2.45, 2.75) is 88.0 Å². The van der Waals surface area contributed by atoms with Crippen LogP contribution in [0.25, 0.3) is 0 Å². The molecular weight excluding hydrogens is 705 g/mol. The van der Waals surface area contributed by atoms with Gasteiger partial charge in [-0.3, -0.25) is 29.0 Å². The Bertz CT molecular complexity index is 1810. The lowest BCUT2D eigenvalue weighted by Gasteiger charge is -2.57. The number of aliphatic hydroxyl groups is 2. The van der Waals surface area contributed by atoms with Crippen LogP contribution in [0.3, 0.4) is 0 Å². The first-order valence-corrected chi connectivity index (χ1v) is 20.7. The van der Waals surface area contributed by atoms with Crippen LogP contribution in [0.15, 0.2) is 48.5 Å². The van der Waals surface area contributed by atoms with Crippen molar-refractivity contribution >= 4 is 78.2 Å². The summed E-state index contributed by atoms with van der Waals surface area (Å²) < 4.78 is 0. The maximum Gasteiger partial charge on any atom is 0.264 e. The fourth-order valence-corrected chi connectivity index (χ4v) is 17.3. The maximum atomic E-state index is 14.3. The second-order valence-electron chi connectivity index (χ2n) is 14.7. The van der Waals surface area contributed by atoms with E-state index < -0.39 is 54.9 Å². The highest BCUT2D eigenvalue weighted by Crippen LogP contribution is 2.71. The summed E-state index contributed by atoms with van der Waals surface area (Å²) in [5, 5.41) is 32.4. The molecule has 10 aliphatic rings. The highest BCUT2D eigenvalue weighted by Gasteiger charge is 2.83. The number of carbonyl (C=O) groups is 4. The lowest BCUT2D eigenvalue weighted by atomic mass is 9.68. The van der Waals surface area contributed by atoms with Crippen molar-refractivity contribution in [1.82, 2.24) is 19.6 Å². The Balaban J connectivity index is 1.09. The summed E-state index contributed by atoms with van der Waals surface area (Å²) in [6, 6.07) is 15.4. The molecule has 12 rings (SSSR count). The van der Waals surface area contributed by atoms with E-state index in [9.17, 15) is 29.4 Å². The minimum Gasteiger partial charge on any atom is -0.388 e. The monoisotopic (exact) mass is 738 g/mol. The van der Waals surface area contributed by atoms with E-state index in [0.29, 0.717) is 19.3 Å². The van der Waals surface area contributed by atoms with Gasteiger partial charge in [0.15, 0.2) is 9.74 Å². The highest BCUT2D eigenvalue weighted by atomic mass is 33.1. The molecule has 12 nitrogen and oxygen atoms in total. The molecule has 8 saturated heterocycles. The van der Waals surface area contributed by atoms with Crippen LogP contribution in [0, 0.1) is 0 Å². The fourth-order valence-electron chi connectivity index (χ4n) is 10.2. The third-order valence-electron chi connectivity index (χ3n) is 12.9. The zero-order valence-corrected chi connectivity index (χ0v) is 30.3. The molecular formula is C33H34N6O6S4. The molecule has 0 radical (unpaired) electrons. The van der Waals surface area contributed by atoms with Gasteiger partial charge in [-0.05, 0) is 71.5 Å². The molecule has 4 N–H and O–H groups in total. The van der Waals surface area contributed by atoms with Gasteiger partial charge < -0.3 is 30.6 Å². The van der Waals surface area contributed by atoms with E-state index in [4.69, 9.17) is 0 Å². The zero-order chi connectivity index (χ0) is 34.3. The van der Waals surface area contributed by atoms with E-state index in [1.165, 1.54) is 53.0 Å². The molecule has 49 heavy (non-hydrogen) atoms.